The number of ether oxygens (including phenoxy) is 3. The molecule has 0 spiro atoms. The number of rotatable bonds is 12. The highest BCUT2D eigenvalue weighted by Gasteiger charge is 2.19. The Bertz CT molecular complexity index is 1540. The standard InChI is InChI=1S/C30H30IN3O7/c1-5-38-27-15-21(14-25(31)28(27)40-20(4)30(36)37)16-32-33-29(35)26-13-12-24(41-26)17-39-23-10-8-22(9-11-23)34-18(2)6-7-19(34)3/h6-16,20H,5,17H2,1-4H3,(H,33,35)(H,36,37)/b32-16+/t20-/m1/s1. The number of carboxylic acids is 1. The van der Waals surface area contributed by atoms with E-state index in [0.717, 1.165) is 17.1 Å². The Morgan fingerprint density at radius 2 is 1.78 bits per heavy atom. The zero-order valence-corrected chi connectivity index (χ0v) is 25.2. The number of nitrogens with zero attached hydrogens (tertiary/aromatic N) is 2. The lowest BCUT2D eigenvalue weighted by atomic mass is 10.2. The van der Waals surface area contributed by atoms with Gasteiger partial charge >= 0.3 is 11.9 Å². The number of hydrogen-bond donors (Lipinski definition) is 2. The normalized spacial score (nSPS) is 11.8. The molecule has 1 atom stereocenters. The van der Waals surface area contributed by atoms with Crippen molar-refractivity contribution in [3.8, 4) is 22.9 Å². The van der Waals surface area contributed by atoms with Gasteiger partial charge in [-0.3, -0.25) is 4.79 Å². The quantitative estimate of drug-likeness (QED) is 0.109. The van der Waals surface area contributed by atoms with Crippen molar-refractivity contribution >= 4 is 40.7 Å². The molecule has 0 unspecified atom stereocenters. The monoisotopic (exact) mass is 671 g/mol. The van der Waals surface area contributed by atoms with Crippen LogP contribution in [0, 0.1) is 17.4 Å². The zero-order valence-electron chi connectivity index (χ0n) is 23.0. The van der Waals surface area contributed by atoms with Gasteiger partial charge in [0.05, 0.1) is 16.4 Å². The summed E-state index contributed by atoms with van der Waals surface area (Å²) >= 11 is 2.03. The Morgan fingerprint density at radius 1 is 1.07 bits per heavy atom. The third-order valence-electron chi connectivity index (χ3n) is 5.99. The van der Waals surface area contributed by atoms with Crippen LogP contribution in [0.25, 0.3) is 5.69 Å². The fourth-order valence-corrected chi connectivity index (χ4v) is 4.74. The molecule has 0 saturated carbocycles. The summed E-state index contributed by atoms with van der Waals surface area (Å²) in [6.07, 6.45) is 0.398. The first-order valence-corrected chi connectivity index (χ1v) is 13.9. The SMILES string of the molecule is CCOc1cc(/C=N/NC(=O)c2ccc(COc3ccc(-n4c(C)ccc4C)cc3)o2)cc(I)c1O[C@H](C)C(=O)O. The number of benzene rings is 2. The van der Waals surface area contributed by atoms with Gasteiger partial charge in [0.15, 0.2) is 23.4 Å². The fraction of sp³-hybridized carbons (Fsp3) is 0.233. The molecular formula is C30H30IN3O7. The maximum atomic E-state index is 12.5. The molecule has 0 fully saturated rings. The minimum Gasteiger partial charge on any atom is -0.490 e. The average Bonchev–Trinajstić information content (AvgIpc) is 3.55. The second kappa shape index (κ2) is 13.4. The van der Waals surface area contributed by atoms with Crippen LogP contribution in [0.5, 0.6) is 17.2 Å². The van der Waals surface area contributed by atoms with Crippen molar-refractivity contribution in [3.63, 3.8) is 0 Å². The summed E-state index contributed by atoms with van der Waals surface area (Å²) in [5.74, 6) is 0.351. The first-order chi connectivity index (χ1) is 19.7. The van der Waals surface area contributed by atoms with Crippen molar-refractivity contribution in [2.45, 2.75) is 40.4 Å². The summed E-state index contributed by atoms with van der Waals surface area (Å²) in [5, 5.41) is 13.2. The number of halogens is 1. The van der Waals surface area contributed by atoms with Gasteiger partial charge in [0.2, 0.25) is 0 Å². The summed E-state index contributed by atoms with van der Waals surface area (Å²) in [6, 6.07) is 18.5. The van der Waals surface area contributed by atoms with Crippen molar-refractivity contribution in [2.24, 2.45) is 5.10 Å². The summed E-state index contributed by atoms with van der Waals surface area (Å²) in [4.78, 5) is 23.7. The molecule has 0 saturated heterocycles. The van der Waals surface area contributed by atoms with Crippen LogP contribution in [0.2, 0.25) is 0 Å². The smallest absolute Gasteiger partial charge is 0.344 e. The van der Waals surface area contributed by atoms with Gasteiger partial charge in [-0.15, -0.1) is 0 Å². The molecule has 0 bridgehead atoms. The molecule has 4 aromatic rings. The van der Waals surface area contributed by atoms with Crippen LogP contribution >= 0.6 is 22.6 Å². The van der Waals surface area contributed by atoms with Crippen molar-refractivity contribution in [3.05, 3.63) is 92.7 Å². The van der Waals surface area contributed by atoms with E-state index in [1.54, 1.807) is 24.3 Å². The van der Waals surface area contributed by atoms with Gasteiger partial charge in [-0.1, -0.05) is 0 Å². The van der Waals surface area contributed by atoms with Crippen LogP contribution in [0.15, 0.2) is 70.2 Å². The predicted octanol–water partition coefficient (Wildman–Crippen LogP) is 5.89. The van der Waals surface area contributed by atoms with E-state index in [4.69, 9.17) is 23.7 Å². The van der Waals surface area contributed by atoms with E-state index in [0.29, 0.717) is 38.7 Å². The molecule has 0 aliphatic rings. The number of nitrogens with one attached hydrogen (secondary N) is 1. The number of carboxylic acid groups (broad SMARTS) is 1. The first kappa shape index (κ1) is 29.7. The average molecular weight is 671 g/mol. The molecule has 2 N–H and O–H groups in total. The lowest BCUT2D eigenvalue weighted by Gasteiger charge is -2.16. The van der Waals surface area contributed by atoms with E-state index in [9.17, 15) is 9.59 Å². The van der Waals surface area contributed by atoms with Crippen LogP contribution in [-0.2, 0) is 11.4 Å². The summed E-state index contributed by atoms with van der Waals surface area (Å²) in [7, 11) is 0. The maximum absolute atomic E-state index is 12.5. The molecule has 2 aromatic carbocycles. The van der Waals surface area contributed by atoms with E-state index in [1.165, 1.54) is 13.1 Å². The number of carbonyl (C=O) groups excluding carboxylic acids is 1. The first-order valence-electron chi connectivity index (χ1n) is 12.8. The van der Waals surface area contributed by atoms with Gasteiger partial charge in [0.1, 0.15) is 18.1 Å². The van der Waals surface area contributed by atoms with Crippen molar-refractivity contribution < 1.29 is 33.3 Å². The maximum Gasteiger partial charge on any atom is 0.344 e. The van der Waals surface area contributed by atoms with Gasteiger partial charge in [-0.2, -0.15) is 5.10 Å². The van der Waals surface area contributed by atoms with Gasteiger partial charge in [-0.25, -0.2) is 10.2 Å². The Morgan fingerprint density at radius 3 is 2.44 bits per heavy atom. The summed E-state index contributed by atoms with van der Waals surface area (Å²) in [6.45, 7) is 7.88. The Balaban J connectivity index is 1.34. The molecule has 4 rings (SSSR count). The summed E-state index contributed by atoms with van der Waals surface area (Å²) in [5.41, 5.74) is 6.42. The third kappa shape index (κ3) is 7.48. The van der Waals surface area contributed by atoms with E-state index in [2.05, 4.69) is 41.1 Å². The third-order valence-corrected chi connectivity index (χ3v) is 6.79. The Kier molecular flexibility index (Phi) is 9.71. The van der Waals surface area contributed by atoms with E-state index in [-0.39, 0.29) is 12.4 Å². The van der Waals surface area contributed by atoms with E-state index >= 15 is 0 Å². The van der Waals surface area contributed by atoms with Gasteiger partial charge in [-0.05, 0) is 117 Å². The molecule has 2 aromatic heterocycles. The number of carbonyl (C=O) groups is 2. The van der Waals surface area contributed by atoms with Crippen LogP contribution in [-0.4, -0.2) is 40.5 Å². The lowest BCUT2D eigenvalue weighted by Crippen LogP contribution is -2.23. The number of aromatic nitrogens is 1. The highest BCUT2D eigenvalue weighted by Crippen LogP contribution is 2.34. The molecule has 1 amide bonds. The summed E-state index contributed by atoms with van der Waals surface area (Å²) < 4.78 is 25.4. The molecule has 41 heavy (non-hydrogen) atoms. The highest BCUT2D eigenvalue weighted by atomic mass is 127. The van der Waals surface area contributed by atoms with Crippen molar-refractivity contribution in [1.29, 1.82) is 0 Å². The van der Waals surface area contributed by atoms with Crippen LogP contribution in [0.1, 0.15) is 47.1 Å². The number of hydrazone groups is 1. The second-order valence-electron chi connectivity index (χ2n) is 9.06. The van der Waals surface area contributed by atoms with Crippen LogP contribution < -0.4 is 19.6 Å². The number of amides is 1. The van der Waals surface area contributed by atoms with Crippen LogP contribution in [0.4, 0.5) is 0 Å². The molecular weight excluding hydrogens is 641 g/mol. The molecule has 0 radical (unpaired) electrons. The molecule has 0 aliphatic heterocycles. The highest BCUT2D eigenvalue weighted by molar-refractivity contribution is 14.1. The van der Waals surface area contributed by atoms with Gasteiger partial charge in [0.25, 0.3) is 0 Å². The molecule has 11 heteroatoms. The Labute approximate surface area is 251 Å². The molecule has 0 aliphatic carbocycles. The topological polar surface area (TPSA) is 125 Å². The predicted molar refractivity (Wildman–Crippen MR) is 161 cm³/mol. The van der Waals surface area contributed by atoms with Crippen molar-refractivity contribution in [2.75, 3.05) is 6.61 Å². The number of aliphatic carboxylic acids is 1. The molecule has 2 heterocycles. The molecule has 214 valence electrons. The van der Waals surface area contributed by atoms with E-state index < -0.39 is 18.0 Å². The Hall–Kier alpha value is -4.26. The number of aryl methyl sites for hydroxylation is 2. The largest absolute Gasteiger partial charge is 0.490 e. The van der Waals surface area contributed by atoms with Crippen LogP contribution in [0.3, 0.4) is 0 Å². The van der Waals surface area contributed by atoms with Gasteiger partial charge < -0.3 is 28.3 Å². The van der Waals surface area contributed by atoms with Crippen molar-refractivity contribution in [1.82, 2.24) is 9.99 Å². The number of hydrogen-bond acceptors (Lipinski definition) is 7. The zero-order chi connectivity index (χ0) is 29.5. The lowest BCUT2D eigenvalue weighted by molar-refractivity contribution is -0.144. The minimum absolute atomic E-state index is 0.0886. The number of furan rings is 1. The second-order valence-corrected chi connectivity index (χ2v) is 10.2. The van der Waals surface area contributed by atoms with E-state index in [1.807, 2.05) is 53.8 Å². The minimum atomic E-state index is -1.09. The fourth-order valence-electron chi connectivity index (χ4n) is 3.99. The van der Waals surface area contributed by atoms with Gasteiger partial charge in [0, 0.05) is 17.1 Å². The molecule has 10 nitrogen and oxygen atoms in total.